The van der Waals surface area contributed by atoms with E-state index < -0.39 is 12.1 Å². The molecule has 0 aromatic heterocycles. The Labute approximate surface area is 128 Å². The Morgan fingerprint density at radius 3 is 2.29 bits per heavy atom. The minimum atomic E-state index is -0.811. The summed E-state index contributed by atoms with van der Waals surface area (Å²) in [5, 5.41) is 18.4. The molecular formula is C17H18O3S. The van der Waals surface area contributed by atoms with Gasteiger partial charge in [-0.15, -0.1) is 11.8 Å². The fourth-order valence-electron chi connectivity index (χ4n) is 2.04. The van der Waals surface area contributed by atoms with Crippen LogP contribution in [0.5, 0.6) is 0 Å². The summed E-state index contributed by atoms with van der Waals surface area (Å²) in [6.07, 6.45) is -0.405. The molecule has 2 N–H and O–H groups in total. The third-order valence-corrected chi connectivity index (χ3v) is 4.28. The Kier molecular flexibility index (Phi) is 5.42. The first-order valence-corrected chi connectivity index (χ1v) is 7.74. The molecular weight excluding hydrogens is 284 g/mol. The Bertz CT molecular complexity index is 606. The summed E-state index contributed by atoms with van der Waals surface area (Å²) in [5.74, 6) is -0.0777. The lowest BCUT2D eigenvalue weighted by Crippen LogP contribution is -2.02. The number of aliphatic carboxylic acids is 1. The van der Waals surface area contributed by atoms with Crippen LogP contribution >= 0.6 is 11.8 Å². The predicted octanol–water partition coefficient (Wildman–Crippen LogP) is 3.66. The molecule has 21 heavy (non-hydrogen) atoms. The average Bonchev–Trinajstić information content (AvgIpc) is 2.46. The molecule has 0 spiro atoms. The van der Waals surface area contributed by atoms with Crippen LogP contribution in [0.15, 0.2) is 53.4 Å². The molecule has 0 amide bonds. The fourth-order valence-corrected chi connectivity index (χ4v) is 2.97. The monoisotopic (exact) mass is 302 g/mol. The predicted molar refractivity (Wildman–Crippen MR) is 84.4 cm³/mol. The van der Waals surface area contributed by atoms with Gasteiger partial charge >= 0.3 is 5.97 Å². The molecule has 2 aromatic rings. The highest BCUT2D eigenvalue weighted by Gasteiger charge is 2.07. The maximum atomic E-state index is 10.9. The molecule has 0 aliphatic heterocycles. The van der Waals surface area contributed by atoms with Crippen molar-refractivity contribution in [1.29, 1.82) is 0 Å². The van der Waals surface area contributed by atoms with Gasteiger partial charge in [-0.2, -0.15) is 0 Å². The van der Waals surface area contributed by atoms with Crippen molar-refractivity contribution in [1.82, 2.24) is 0 Å². The molecule has 0 bridgehead atoms. The third kappa shape index (κ3) is 4.62. The topological polar surface area (TPSA) is 57.5 Å². The number of rotatable bonds is 6. The van der Waals surface area contributed by atoms with Gasteiger partial charge in [-0.05, 0) is 35.7 Å². The van der Waals surface area contributed by atoms with Crippen LogP contribution in [0.4, 0.5) is 0 Å². The van der Waals surface area contributed by atoms with E-state index in [9.17, 15) is 9.90 Å². The Balaban J connectivity index is 2.04. The van der Waals surface area contributed by atoms with Gasteiger partial charge in [-0.1, -0.05) is 36.4 Å². The van der Waals surface area contributed by atoms with Gasteiger partial charge < -0.3 is 10.2 Å². The Hall–Kier alpha value is -1.78. The molecule has 2 rings (SSSR count). The van der Waals surface area contributed by atoms with Crippen LogP contribution < -0.4 is 0 Å². The van der Waals surface area contributed by atoms with E-state index in [4.69, 9.17) is 5.11 Å². The second kappa shape index (κ2) is 7.29. The number of carbonyl (C=O) groups is 1. The van der Waals surface area contributed by atoms with Crippen molar-refractivity contribution in [2.24, 2.45) is 0 Å². The molecule has 0 radical (unpaired) electrons. The molecule has 1 atom stereocenters. The molecule has 0 heterocycles. The number of benzene rings is 2. The van der Waals surface area contributed by atoms with Crippen molar-refractivity contribution in [3.63, 3.8) is 0 Å². The molecule has 1 unspecified atom stereocenters. The summed E-state index contributed by atoms with van der Waals surface area (Å²) in [7, 11) is 0. The molecule has 0 aliphatic carbocycles. The second-order valence-corrected chi connectivity index (χ2v) is 5.92. The van der Waals surface area contributed by atoms with E-state index in [1.54, 1.807) is 18.7 Å². The van der Waals surface area contributed by atoms with Gasteiger partial charge in [-0.25, -0.2) is 0 Å². The van der Waals surface area contributed by atoms with Crippen LogP contribution in [0.2, 0.25) is 0 Å². The van der Waals surface area contributed by atoms with Crippen LogP contribution in [0.1, 0.15) is 29.7 Å². The van der Waals surface area contributed by atoms with Crippen LogP contribution in [0.25, 0.3) is 0 Å². The minimum absolute atomic E-state index is 0.0533. The highest BCUT2D eigenvalue weighted by atomic mass is 32.2. The van der Waals surface area contributed by atoms with Gasteiger partial charge in [0.25, 0.3) is 0 Å². The van der Waals surface area contributed by atoms with E-state index >= 15 is 0 Å². The quantitative estimate of drug-likeness (QED) is 0.800. The average molecular weight is 302 g/mol. The molecule has 0 saturated carbocycles. The molecule has 2 aromatic carbocycles. The lowest BCUT2D eigenvalue weighted by atomic mass is 10.1. The maximum absolute atomic E-state index is 10.9. The molecule has 0 fully saturated rings. The van der Waals surface area contributed by atoms with Gasteiger partial charge in [0.15, 0.2) is 0 Å². The third-order valence-electron chi connectivity index (χ3n) is 3.22. The van der Waals surface area contributed by atoms with Crippen LogP contribution in [-0.2, 0) is 17.0 Å². The molecule has 4 heteroatoms. The molecule has 110 valence electrons. The minimum Gasteiger partial charge on any atom is -0.481 e. The van der Waals surface area contributed by atoms with Crippen molar-refractivity contribution >= 4 is 17.7 Å². The summed E-state index contributed by atoms with van der Waals surface area (Å²) in [6.45, 7) is 1.74. The SMILES string of the molecule is CC(O)c1ccc(SCc2ccccc2CC(=O)O)cc1. The van der Waals surface area contributed by atoms with Gasteiger partial charge in [0.05, 0.1) is 12.5 Å². The van der Waals surface area contributed by atoms with Gasteiger partial charge in [-0.3, -0.25) is 4.79 Å². The van der Waals surface area contributed by atoms with Crippen LogP contribution in [0.3, 0.4) is 0 Å². The standard InChI is InChI=1S/C17H18O3S/c1-12(18)13-6-8-16(9-7-13)21-11-15-5-3-2-4-14(15)10-17(19)20/h2-9,12,18H,10-11H2,1H3,(H,19,20). The summed E-state index contributed by atoms with van der Waals surface area (Å²) in [5.41, 5.74) is 2.80. The summed E-state index contributed by atoms with van der Waals surface area (Å²) in [6, 6.07) is 15.4. The van der Waals surface area contributed by atoms with E-state index in [1.807, 2.05) is 48.5 Å². The maximum Gasteiger partial charge on any atom is 0.307 e. The largest absolute Gasteiger partial charge is 0.481 e. The number of carboxylic acids is 1. The first kappa shape index (κ1) is 15.6. The lowest BCUT2D eigenvalue weighted by Gasteiger charge is -2.09. The van der Waals surface area contributed by atoms with Crippen LogP contribution in [0, 0.1) is 0 Å². The number of hydrogen-bond donors (Lipinski definition) is 2. The van der Waals surface area contributed by atoms with Gasteiger partial charge in [0, 0.05) is 10.6 Å². The molecule has 0 aliphatic rings. The fraction of sp³-hybridized carbons (Fsp3) is 0.235. The van der Waals surface area contributed by atoms with Crippen molar-refractivity contribution in [3.05, 3.63) is 65.2 Å². The number of aliphatic hydroxyl groups is 1. The molecule has 3 nitrogen and oxygen atoms in total. The van der Waals surface area contributed by atoms with E-state index in [-0.39, 0.29) is 6.42 Å². The highest BCUT2D eigenvalue weighted by molar-refractivity contribution is 7.98. The summed E-state index contributed by atoms with van der Waals surface area (Å²) >= 11 is 1.66. The van der Waals surface area contributed by atoms with E-state index in [0.29, 0.717) is 0 Å². The number of carboxylic acid groups (broad SMARTS) is 1. The van der Waals surface area contributed by atoms with Crippen molar-refractivity contribution in [2.45, 2.75) is 30.1 Å². The zero-order chi connectivity index (χ0) is 15.2. The highest BCUT2D eigenvalue weighted by Crippen LogP contribution is 2.26. The zero-order valence-corrected chi connectivity index (χ0v) is 12.6. The van der Waals surface area contributed by atoms with Crippen molar-refractivity contribution in [3.8, 4) is 0 Å². The number of hydrogen-bond acceptors (Lipinski definition) is 3. The molecule has 0 saturated heterocycles. The van der Waals surface area contributed by atoms with Crippen molar-refractivity contribution in [2.75, 3.05) is 0 Å². The first-order chi connectivity index (χ1) is 10.1. The van der Waals surface area contributed by atoms with Gasteiger partial charge in [0.2, 0.25) is 0 Å². The number of aliphatic hydroxyl groups excluding tert-OH is 1. The Morgan fingerprint density at radius 1 is 1.10 bits per heavy atom. The first-order valence-electron chi connectivity index (χ1n) is 6.75. The zero-order valence-electron chi connectivity index (χ0n) is 11.8. The Morgan fingerprint density at radius 2 is 1.71 bits per heavy atom. The smallest absolute Gasteiger partial charge is 0.307 e. The normalized spacial score (nSPS) is 12.1. The van der Waals surface area contributed by atoms with Crippen molar-refractivity contribution < 1.29 is 15.0 Å². The van der Waals surface area contributed by atoms with Crippen LogP contribution in [-0.4, -0.2) is 16.2 Å². The second-order valence-electron chi connectivity index (χ2n) is 4.87. The lowest BCUT2D eigenvalue weighted by molar-refractivity contribution is -0.136. The van der Waals surface area contributed by atoms with E-state index in [1.165, 1.54) is 0 Å². The number of thioether (sulfide) groups is 1. The van der Waals surface area contributed by atoms with E-state index in [0.717, 1.165) is 27.3 Å². The van der Waals surface area contributed by atoms with E-state index in [2.05, 4.69) is 0 Å². The van der Waals surface area contributed by atoms with Gasteiger partial charge in [0.1, 0.15) is 0 Å². The summed E-state index contributed by atoms with van der Waals surface area (Å²) < 4.78 is 0. The summed E-state index contributed by atoms with van der Waals surface area (Å²) in [4.78, 5) is 12.0.